The van der Waals surface area contributed by atoms with E-state index in [1.807, 2.05) is 0 Å². The third kappa shape index (κ3) is 2.58. The molecule has 2 N–H and O–H groups in total. The van der Waals surface area contributed by atoms with E-state index in [0.717, 1.165) is 31.0 Å². The molecule has 0 spiro atoms. The first kappa shape index (κ1) is 10.2. The summed E-state index contributed by atoms with van der Waals surface area (Å²) in [7, 11) is 0. The number of aliphatic hydroxyl groups is 1. The highest BCUT2D eigenvalue weighted by Crippen LogP contribution is 2.21. The van der Waals surface area contributed by atoms with Crippen molar-refractivity contribution in [1.29, 1.82) is 0 Å². The third-order valence-corrected chi connectivity index (χ3v) is 3.35. The van der Waals surface area contributed by atoms with Crippen molar-refractivity contribution in [3.8, 4) is 0 Å². The molecule has 2 aliphatic rings. The van der Waals surface area contributed by atoms with E-state index in [0.29, 0.717) is 18.6 Å². The average Bonchev–Trinajstić information content (AvgIpc) is 3.02. The highest BCUT2D eigenvalue weighted by atomic mass is 32.1. The van der Waals surface area contributed by atoms with E-state index in [9.17, 15) is 0 Å². The number of hydrogen-bond acceptors (Lipinski definition) is 2. The second-order valence-corrected chi connectivity index (χ2v) is 4.75. The molecule has 14 heavy (non-hydrogen) atoms. The Labute approximate surface area is 90.5 Å². The van der Waals surface area contributed by atoms with Crippen LogP contribution in [0.2, 0.25) is 0 Å². The Balaban J connectivity index is 1.79. The molecule has 4 heteroatoms. The van der Waals surface area contributed by atoms with Crippen LogP contribution >= 0.6 is 12.2 Å². The molecule has 1 aliphatic carbocycles. The summed E-state index contributed by atoms with van der Waals surface area (Å²) >= 11 is 5.32. The Morgan fingerprint density at radius 1 is 1.43 bits per heavy atom. The van der Waals surface area contributed by atoms with E-state index in [4.69, 9.17) is 17.3 Å². The largest absolute Gasteiger partial charge is 0.396 e. The lowest BCUT2D eigenvalue weighted by Gasteiger charge is -2.33. The van der Waals surface area contributed by atoms with Gasteiger partial charge in [-0.3, -0.25) is 0 Å². The van der Waals surface area contributed by atoms with Gasteiger partial charge in [0.15, 0.2) is 5.11 Å². The summed E-state index contributed by atoms with van der Waals surface area (Å²) in [6, 6.07) is 0.636. The van der Waals surface area contributed by atoms with E-state index in [-0.39, 0.29) is 0 Å². The zero-order valence-corrected chi connectivity index (χ0v) is 9.22. The summed E-state index contributed by atoms with van der Waals surface area (Å²) < 4.78 is 0. The van der Waals surface area contributed by atoms with Gasteiger partial charge >= 0.3 is 0 Å². The smallest absolute Gasteiger partial charge is 0.169 e. The Morgan fingerprint density at radius 2 is 2.21 bits per heavy atom. The van der Waals surface area contributed by atoms with Crippen LogP contribution in [-0.4, -0.2) is 40.9 Å². The minimum atomic E-state index is 0.294. The summed E-state index contributed by atoms with van der Waals surface area (Å²) in [5.41, 5.74) is 0. The molecule has 0 bridgehead atoms. The minimum absolute atomic E-state index is 0.294. The van der Waals surface area contributed by atoms with E-state index in [2.05, 4.69) is 10.2 Å². The fraction of sp³-hybridized carbons (Fsp3) is 0.900. The van der Waals surface area contributed by atoms with Gasteiger partial charge in [0.25, 0.3) is 0 Å². The van der Waals surface area contributed by atoms with Crippen LogP contribution in [0.25, 0.3) is 0 Å². The van der Waals surface area contributed by atoms with Crippen molar-refractivity contribution in [2.24, 2.45) is 5.92 Å². The number of thiocarbonyl (C=S) groups is 1. The van der Waals surface area contributed by atoms with E-state index >= 15 is 0 Å². The third-order valence-electron chi connectivity index (χ3n) is 2.97. The van der Waals surface area contributed by atoms with E-state index < -0.39 is 0 Å². The van der Waals surface area contributed by atoms with Crippen molar-refractivity contribution in [2.45, 2.75) is 31.7 Å². The molecule has 3 nitrogen and oxygen atoms in total. The highest BCUT2D eigenvalue weighted by molar-refractivity contribution is 7.80. The fourth-order valence-electron chi connectivity index (χ4n) is 1.89. The van der Waals surface area contributed by atoms with Crippen molar-refractivity contribution in [1.82, 2.24) is 10.2 Å². The van der Waals surface area contributed by atoms with Crippen LogP contribution in [0, 0.1) is 5.92 Å². The maximum atomic E-state index is 9.09. The number of aliphatic hydroxyl groups excluding tert-OH is 1. The first-order valence-electron chi connectivity index (χ1n) is 5.46. The number of piperidine rings is 1. The summed E-state index contributed by atoms with van der Waals surface area (Å²) in [5.74, 6) is 0.419. The zero-order chi connectivity index (χ0) is 9.97. The van der Waals surface area contributed by atoms with Crippen LogP contribution < -0.4 is 5.32 Å². The summed E-state index contributed by atoms with van der Waals surface area (Å²) in [5, 5.41) is 13.3. The predicted molar refractivity (Wildman–Crippen MR) is 60.1 cm³/mol. The topological polar surface area (TPSA) is 35.5 Å². The van der Waals surface area contributed by atoms with Crippen LogP contribution in [-0.2, 0) is 0 Å². The molecule has 0 aromatic carbocycles. The van der Waals surface area contributed by atoms with Crippen LogP contribution in [0.4, 0.5) is 0 Å². The number of nitrogens with zero attached hydrogens (tertiary/aromatic N) is 1. The van der Waals surface area contributed by atoms with Crippen molar-refractivity contribution < 1.29 is 5.11 Å². The zero-order valence-electron chi connectivity index (χ0n) is 8.41. The SMILES string of the molecule is OCC1CCCN(C(=S)NC2CC2)C1. The summed E-state index contributed by atoms with van der Waals surface area (Å²) in [4.78, 5) is 2.21. The lowest BCUT2D eigenvalue weighted by Crippen LogP contribution is -2.46. The molecule has 1 aliphatic heterocycles. The first-order chi connectivity index (χ1) is 6.79. The molecule has 80 valence electrons. The summed E-state index contributed by atoms with van der Waals surface area (Å²) in [6.45, 7) is 2.27. The molecule has 1 saturated carbocycles. The molecular formula is C10H18N2OS. The summed E-state index contributed by atoms with van der Waals surface area (Å²) in [6.07, 6.45) is 4.81. The van der Waals surface area contributed by atoms with Gasteiger partial charge < -0.3 is 15.3 Å². The number of rotatable bonds is 2. The lowest BCUT2D eigenvalue weighted by atomic mass is 9.99. The van der Waals surface area contributed by atoms with Gasteiger partial charge in [0, 0.05) is 25.7 Å². The molecule has 0 aromatic heterocycles. The lowest BCUT2D eigenvalue weighted by molar-refractivity contribution is 0.160. The maximum Gasteiger partial charge on any atom is 0.169 e. The Bertz CT molecular complexity index is 218. The molecule has 2 fully saturated rings. The second kappa shape index (κ2) is 4.45. The highest BCUT2D eigenvalue weighted by Gasteiger charge is 2.26. The van der Waals surface area contributed by atoms with Crippen molar-refractivity contribution in [3.63, 3.8) is 0 Å². The number of nitrogens with one attached hydrogen (secondary N) is 1. The van der Waals surface area contributed by atoms with Gasteiger partial charge in [0.05, 0.1) is 0 Å². The number of likely N-dealkylation sites (tertiary alicyclic amines) is 1. The Kier molecular flexibility index (Phi) is 3.23. The molecule has 1 saturated heterocycles. The molecule has 0 amide bonds. The molecule has 0 aromatic rings. The van der Waals surface area contributed by atoms with Gasteiger partial charge in [0.2, 0.25) is 0 Å². The molecule has 1 unspecified atom stereocenters. The van der Waals surface area contributed by atoms with Crippen LogP contribution in [0.5, 0.6) is 0 Å². The fourth-order valence-corrected chi connectivity index (χ4v) is 2.22. The van der Waals surface area contributed by atoms with Gasteiger partial charge in [0.1, 0.15) is 0 Å². The monoisotopic (exact) mass is 214 g/mol. The first-order valence-corrected chi connectivity index (χ1v) is 5.86. The van der Waals surface area contributed by atoms with E-state index in [1.165, 1.54) is 12.8 Å². The van der Waals surface area contributed by atoms with Gasteiger partial charge in [-0.15, -0.1) is 0 Å². The quantitative estimate of drug-likeness (QED) is 0.664. The minimum Gasteiger partial charge on any atom is -0.396 e. The normalized spacial score (nSPS) is 27.5. The van der Waals surface area contributed by atoms with Crippen molar-refractivity contribution in [3.05, 3.63) is 0 Å². The molecule has 2 rings (SSSR count). The predicted octanol–water partition coefficient (Wildman–Crippen LogP) is 0.728. The Hall–Kier alpha value is -0.350. The van der Waals surface area contributed by atoms with Crippen molar-refractivity contribution in [2.75, 3.05) is 19.7 Å². The maximum absolute atomic E-state index is 9.09. The molecular weight excluding hydrogens is 196 g/mol. The van der Waals surface area contributed by atoms with Gasteiger partial charge in [-0.1, -0.05) is 0 Å². The molecule has 0 radical (unpaired) electrons. The van der Waals surface area contributed by atoms with Crippen molar-refractivity contribution >= 4 is 17.3 Å². The average molecular weight is 214 g/mol. The second-order valence-electron chi connectivity index (χ2n) is 4.36. The van der Waals surface area contributed by atoms with Gasteiger partial charge in [-0.05, 0) is 43.8 Å². The number of hydrogen-bond donors (Lipinski definition) is 2. The molecule has 1 atom stereocenters. The van der Waals surface area contributed by atoms with Gasteiger partial charge in [-0.25, -0.2) is 0 Å². The standard InChI is InChI=1S/C10H18N2OS/c13-7-8-2-1-5-12(6-8)10(14)11-9-3-4-9/h8-9,13H,1-7H2,(H,11,14). The van der Waals surface area contributed by atoms with Crippen LogP contribution in [0.3, 0.4) is 0 Å². The Morgan fingerprint density at radius 3 is 2.86 bits per heavy atom. The molecule has 1 heterocycles. The van der Waals surface area contributed by atoms with Crippen LogP contribution in [0.1, 0.15) is 25.7 Å². The van der Waals surface area contributed by atoms with Gasteiger partial charge in [-0.2, -0.15) is 0 Å². The van der Waals surface area contributed by atoms with Crippen LogP contribution in [0.15, 0.2) is 0 Å². The van der Waals surface area contributed by atoms with E-state index in [1.54, 1.807) is 0 Å².